The summed E-state index contributed by atoms with van der Waals surface area (Å²) in [5.41, 5.74) is 0.171. The van der Waals surface area contributed by atoms with Gasteiger partial charge in [0.1, 0.15) is 6.33 Å². The van der Waals surface area contributed by atoms with Crippen LogP contribution in [0.2, 0.25) is 0 Å². The Balaban J connectivity index is 2.46. The molecule has 1 aromatic carbocycles. The second kappa shape index (κ2) is 4.80. The van der Waals surface area contributed by atoms with Crippen LogP contribution in [-0.2, 0) is 6.54 Å². The van der Waals surface area contributed by atoms with Crippen molar-refractivity contribution in [1.82, 2.24) is 14.8 Å². The van der Waals surface area contributed by atoms with Gasteiger partial charge in [0.25, 0.3) is 0 Å². The Hall–Kier alpha value is -1.85. The number of benzene rings is 1. The maximum absolute atomic E-state index is 13.2. The fourth-order valence-corrected chi connectivity index (χ4v) is 1.69. The summed E-state index contributed by atoms with van der Waals surface area (Å²) in [7, 11) is 0. The third kappa shape index (κ3) is 2.37. The predicted molar refractivity (Wildman–Crippen MR) is 60.2 cm³/mol. The molecule has 0 N–H and O–H groups in total. The maximum atomic E-state index is 13.2. The Labute approximate surface area is 102 Å². The summed E-state index contributed by atoms with van der Waals surface area (Å²) < 4.78 is 40.9. The molecular formula is C12H12F3N3. The molecule has 2 aromatic rings. The first-order valence-corrected chi connectivity index (χ1v) is 5.51. The molecule has 0 unspecified atom stereocenters. The van der Waals surface area contributed by atoms with Gasteiger partial charge in [0.15, 0.2) is 23.3 Å². The fourth-order valence-electron chi connectivity index (χ4n) is 1.69. The van der Waals surface area contributed by atoms with Crippen molar-refractivity contribution in [3.63, 3.8) is 0 Å². The molecule has 3 nitrogen and oxygen atoms in total. The van der Waals surface area contributed by atoms with Crippen molar-refractivity contribution in [2.75, 3.05) is 0 Å². The Morgan fingerprint density at radius 2 is 1.78 bits per heavy atom. The Morgan fingerprint density at radius 3 is 2.33 bits per heavy atom. The Kier molecular flexibility index (Phi) is 3.36. The molecule has 1 aromatic heterocycles. The molecule has 0 spiro atoms. The van der Waals surface area contributed by atoms with Crippen LogP contribution in [0.25, 0.3) is 11.4 Å². The van der Waals surface area contributed by atoms with Gasteiger partial charge in [0, 0.05) is 12.1 Å². The van der Waals surface area contributed by atoms with Crippen molar-refractivity contribution in [3.05, 3.63) is 35.9 Å². The number of rotatable bonds is 3. The quantitative estimate of drug-likeness (QED) is 0.789. The summed E-state index contributed by atoms with van der Waals surface area (Å²) in [5, 5.41) is 7.52. The van der Waals surface area contributed by atoms with E-state index in [1.807, 2.05) is 13.8 Å². The van der Waals surface area contributed by atoms with Crippen LogP contribution in [0, 0.1) is 23.4 Å². The minimum atomic E-state index is -1.48. The van der Waals surface area contributed by atoms with Crippen LogP contribution in [-0.4, -0.2) is 14.8 Å². The lowest BCUT2D eigenvalue weighted by Crippen LogP contribution is -2.05. The molecule has 0 saturated carbocycles. The number of halogens is 3. The minimum absolute atomic E-state index is 0.171. The first-order chi connectivity index (χ1) is 8.49. The molecule has 0 amide bonds. The van der Waals surface area contributed by atoms with Crippen LogP contribution in [0.1, 0.15) is 13.8 Å². The van der Waals surface area contributed by atoms with Gasteiger partial charge >= 0.3 is 0 Å². The summed E-state index contributed by atoms with van der Waals surface area (Å²) in [6.07, 6.45) is 1.48. The lowest BCUT2D eigenvalue weighted by Gasteiger charge is -2.09. The van der Waals surface area contributed by atoms with Gasteiger partial charge in [-0.15, -0.1) is 10.2 Å². The molecule has 1 heterocycles. The SMILES string of the molecule is CC(C)Cn1cnnc1-c1cc(F)c(F)c(F)c1. The molecule has 2 rings (SSSR count). The zero-order valence-electron chi connectivity index (χ0n) is 9.99. The van der Waals surface area contributed by atoms with Gasteiger partial charge in [-0.1, -0.05) is 13.8 Å². The van der Waals surface area contributed by atoms with Crippen LogP contribution in [0.4, 0.5) is 13.2 Å². The molecule has 0 aliphatic rings. The van der Waals surface area contributed by atoms with E-state index < -0.39 is 17.5 Å². The molecule has 96 valence electrons. The van der Waals surface area contributed by atoms with Gasteiger partial charge in [-0.3, -0.25) is 0 Å². The van der Waals surface area contributed by atoms with Crippen molar-refractivity contribution in [3.8, 4) is 11.4 Å². The van der Waals surface area contributed by atoms with E-state index in [1.165, 1.54) is 6.33 Å². The van der Waals surface area contributed by atoms with Crippen LogP contribution in [0.5, 0.6) is 0 Å². The smallest absolute Gasteiger partial charge is 0.194 e. The van der Waals surface area contributed by atoms with Crippen LogP contribution in [0.15, 0.2) is 18.5 Å². The van der Waals surface area contributed by atoms with E-state index in [-0.39, 0.29) is 5.56 Å². The second-order valence-electron chi connectivity index (χ2n) is 4.45. The van der Waals surface area contributed by atoms with Gasteiger partial charge in [-0.05, 0) is 18.1 Å². The Morgan fingerprint density at radius 1 is 1.17 bits per heavy atom. The molecule has 0 atom stereocenters. The second-order valence-corrected chi connectivity index (χ2v) is 4.45. The van der Waals surface area contributed by atoms with E-state index in [1.54, 1.807) is 4.57 Å². The molecule has 0 aliphatic heterocycles. The highest BCUT2D eigenvalue weighted by molar-refractivity contribution is 5.55. The highest BCUT2D eigenvalue weighted by Crippen LogP contribution is 2.22. The summed E-state index contributed by atoms with van der Waals surface area (Å²) in [5.74, 6) is -3.29. The molecule has 18 heavy (non-hydrogen) atoms. The van der Waals surface area contributed by atoms with E-state index in [4.69, 9.17) is 0 Å². The first-order valence-electron chi connectivity index (χ1n) is 5.51. The number of hydrogen-bond donors (Lipinski definition) is 0. The summed E-state index contributed by atoms with van der Waals surface area (Å²) in [4.78, 5) is 0. The normalized spacial score (nSPS) is 11.2. The fraction of sp³-hybridized carbons (Fsp3) is 0.333. The van der Waals surface area contributed by atoms with Gasteiger partial charge in [0.2, 0.25) is 0 Å². The standard InChI is InChI=1S/C12H12F3N3/c1-7(2)5-18-6-16-17-12(18)8-3-9(13)11(15)10(14)4-8/h3-4,6-7H,5H2,1-2H3. The van der Waals surface area contributed by atoms with Crippen LogP contribution >= 0.6 is 0 Å². The molecular weight excluding hydrogens is 243 g/mol. The average Bonchev–Trinajstić information content (AvgIpc) is 2.72. The predicted octanol–water partition coefficient (Wildman–Crippen LogP) is 3.02. The third-order valence-corrected chi connectivity index (χ3v) is 2.42. The highest BCUT2D eigenvalue weighted by atomic mass is 19.2. The maximum Gasteiger partial charge on any atom is 0.194 e. The van der Waals surface area contributed by atoms with E-state index in [2.05, 4.69) is 10.2 Å². The van der Waals surface area contributed by atoms with E-state index >= 15 is 0 Å². The van der Waals surface area contributed by atoms with E-state index in [0.717, 1.165) is 12.1 Å². The molecule has 0 aliphatic carbocycles. The van der Waals surface area contributed by atoms with Gasteiger partial charge < -0.3 is 4.57 Å². The van der Waals surface area contributed by atoms with Crippen molar-refractivity contribution in [1.29, 1.82) is 0 Å². The largest absolute Gasteiger partial charge is 0.313 e. The molecule has 0 saturated heterocycles. The number of aromatic nitrogens is 3. The van der Waals surface area contributed by atoms with Gasteiger partial charge in [0.05, 0.1) is 0 Å². The monoisotopic (exact) mass is 255 g/mol. The lowest BCUT2D eigenvalue weighted by molar-refractivity contribution is 0.447. The molecule has 0 fully saturated rings. The third-order valence-electron chi connectivity index (χ3n) is 2.42. The number of nitrogens with zero attached hydrogens (tertiary/aromatic N) is 3. The van der Waals surface area contributed by atoms with Crippen molar-refractivity contribution < 1.29 is 13.2 Å². The van der Waals surface area contributed by atoms with Gasteiger partial charge in [-0.25, -0.2) is 13.2 Å². The van der Waals surface area contributed by atoms with E-state index in [0.29, 0.717) is 18.3 Å². The molecule has 6 heteroatoms. The summed E-state index contributed by atoms with van der Waals surface area (Å²) >= 11 is 0. The minimum Gasteiger partial charge on any atom is -0.313 e. The van der Waals surface area contributed by atoms with Crippen LogP contribution in [0.3, 0.4) is 0 Å². The van der Waals surface area contributed by atoms with E-state index in [9.17, 15) is 13.2 Å². The average molecular weight is 255 g/mol. The van der Waals surface area contributed by atoms with Crippen molar-refractivity contribution in [2.45, 2.75) is 20.4 Å². The van der Waals surface area contributed by atoms with Crippen LogP contribution < -0.4 is 0 Å². The highest BCUT2D eigenvalue weighted by Gasteiger charge is 2.15. The molecule has 0 bridgehead atoms. The summed E-state index contributed by atoms with van der Waals surface area (Å²) in [6.45, 7) is 4.61. The lowest BCUT2D eigenvalue weighted by atomic mass is 10.1. The van der Waals surface area contributed by atoms with Crippen molar-refractivity contribution in [2.24, 2.45) is 5.92 Å². The van der Waals surface area contributed by atoms with Crippen molar-refractivity contribution >= 4 is 0 Å². The zero-order chi connectivity index (χ0) is 13.3. The topological polar surface area (TPSA) is 30.7 Å². The Bertz CT molecular complexity index is 540. The number of hydrogen-bond acceptors (Lipinski definition) is 2. The first kappa shape index (κ1) is 12.6. The van der Waals surface area contributed by atoms with Gasteiger partial charge in [-0.2, -0.15) is 0 Å². The zero-order valence-corrected chi connectivity index (χ0v) is 9.99. The molecule has 0 radical (unpaired) electrons. The summed E-state index contributed by atoms with van der Waals surface area (Å²) in [6, 6.07) is 1.83.